The van der Waals surface area contributed by atoms with Gasteiger partial charge >= 0.3 is 6.18 Å². The molecule has 5 nitrogen and oxygen atoms in total. The highest BCUT2D eigenvalue weighted by molar-refractivity contribution is 5.50. The zero-order valence-electron chi connectivity index (χ0n) is 9.80. The number of hydrogen-bond acceptors (Lipinski definition) is 5. The van der Waals surface area contributed by atoms with Crippen LogP contribution in [0.15, 0.2) is 6.07 Å². The van der Waals surface area contributed by atoms with Crippen LogP contribution in [0.3, 0.4) is 0 Å². The van der Waals surface area contributed by atoms with Crippen molar-refractivity contribution in [3.8, 4) is 0 Å². The molecule has 0 amide bonds. The minimum atomic E-state index is -4.28. The van der Waals surface area contributed by atoms with Crippen molar-refractivity contribution in [3.63, 3.8) is 0 Å². The van der Waals surface area contributed by atoms with Crippen molar-refractivity contribution in [2.75, 3.05) is 10.7 Å². The lowest BCUT2D eigenvalue weighted by atomic mass is 10.2. The number of aryl methyl sites for hydroxylation is 1. The van der Waals surface area contributed by atoms with Crippen LogP contribution in [0.4, 0.5) is 24.8 Å². The molecule has 0 atom stereocenters. The summed E-state index contributed by atoms with van der Waals surface area (Å²) in [5.74, 6) is 6.09. The van der Waals surface area contributed by atoms with Crippen LogP contribution in [-0.2, 0) is 6.42 Å². The molecule has 1 aliphatic carbocycles. The van der Waals surface area contributed by atoms with Gasteiger partial charge in [0.2, 0.25) is 0 Å². The second kappa shape index (κ2) is 4.27. The number of alkyl halides is 3. The first-order chi connectivity index (χ1) is 8.40. The molecule has 1 aromatic rings. The second-order valence-electron chi connectivity index (χ2n) is 4.26. The molecule has 0 aliphatic heterocycles. The van der Waals surface area contributed by atoms with Crippen LogP contribution in [0.1, 0.15) is 25.6 Å². The van der Waals surface area contributed by atoms with Gasteiger partial charge in [0, 0.05) is 12.5 Å². The molecule has 4 N–H and O–H groups in total. The Balaban J connectivity index is 2.24. The number of anilines is 2. The normalized spacial score (nSPS) is 17.4. The van der Waals surface area contributed by atoms with Gasteiger partial charge in [0.1, 0.15) is 23.0 Å². The lowest BCUT2D eigenvalue weighted by molar-refractivity contribution is -0.151. The van der Waals surface area contributed by atoms with Gasteiger partial charge in [-0.15, -0.1) is 0 Å². The molecule has 2 rings (SSSR count). The average molecular weight is 261 g/mol. The van der Waals surface area contributed by atoms with Crippen molar-refractivity contribution in [2.45, 2.75) is 37.9 Å². The van der Waals surface area contributed by atoms with E-state index in [9.17, 15) is 13.2 Å². The van der Waals surface area contributed by atoms with Gasteiger partial charge in [-0.1, -0.05) is 6.92 Å². The van der Waals surface area contributed by atoms with E-state index in [2.05, 4.69) is 20.7 Å². The van der Waals surface area contributed by atoms with Gasteiger partial charge in [-0.05, 0) is 12.8 Å². The van der Waals surface area contributed by atoms with Gasteiger partial charge in [-0.25, -0.2) is 15.8 Å². The minimum absolute atomic E-state index is 0.0628. The lowest BCUT2D eigenvalue weighted by Crippen LogP contribution is -2.39. The lowest BCUT2D eigenvalue weighted by Gasteiger charge is -2.21. The van der Waals surface area contributed by atoms with E-state index in [-0.39, 0.29) is 18.7 Å². The summed E-state index contributed by atoms with van der Waals surface area (Å²) in [5.41, 5.74) is 0.480. The highest BCUT2D eigenvalue weighted by Gasteiger charge is 2.63. The van der Waals surface area contributed by atoms with Crippen LogP contribution in [0.25, 0.3) is 0 Å². The summed E-state index contributed by atoms with van der Waals surface area (Å²) in [5, 5.41) is 2.45. The predicted molar refractivity (Wildman–Crippen MR) is 60.9 cm³/mol. The minimum Gasteiger partial charge on any atom is -0.356 e. The third kappa shape index (κ3) is 2.33. The zero-order valence-corrected chi connectivity index (χ0v) is 9.80. The predicted octanol–water partition coefficient (Wildman–Crippen LogP) is 1.83. The molecule has 8 heteroatoms. The SMILES string of the molecule is CCc1nc(NN)cc(NC2(C(F)(F)F)CC2)n1. The molecule has 0 aromatic carbocycles. The number of hydrogen-bond donors (Lipinski definition) is 3. The molecule has 0 spiro atoms. The Kier molecular flexibility index (Phi) is 3.05. The number of hydrazine groups is 1. The van der Waals surface area contributed by atoms with E-state index in [1.54, 1.807) is 0 Å². The number of rotatable bonds is 4. The van der Waals surface area contributed by atoms with Gasteiger partial charge in [-0.3, -0.25) is 0 Å². The van der Waals surface area contributed by atoms with Crippen molar-refractivity contribution >= 4 is 11.6 Å². The Morgan fingerprint density at radius 3 is 2.39 bits per heavy atom. The molecular weight excluding hydrogens is 247 g/mol. The topological polar surface area (TPSA) is 75.9 Å². The molecule has 18 heavy (non-hydrogen) atoms. The smallest absolute Gasteiger partial charge is 0.356 e. The number of nitrogens with one attached hydrogen (secondary N) is 2. The molecule has 0 bridgehead atoms. The van der Waals surface area contributed by atoms with E-state index in [1.807, 2.05) is 6.92 Å². The zero-order chi connectivity index (χ0) is 13.4. The summed E-state index contributed by atoms with van der Waals surface area (Å²) in [4.78, 5) is 8.04. The van der Waals surface area contributed by atoms with E-state index in [4.69, 9.17) is 5.84 Å². The average Bonchev–Trinajstić information content (AvgIpc) is 3.08. The van der Waals surface area contributed by atoms with Crippen LogP contribution in [0.2, 0.25) is 0 Å². The first kappa shape index (κ1) is 12.9. The van der Waals surface area contributed by atoms with Gasteiger partial charge < -0.3 is 10.7 Å². The van der Waals surface area contributed by atoms with Gasteiger partial charge in [0.05, 0.1) is 0 Å². The van der Waals surface area contributed by atoms with Crippen molar-refractivity contribution in [1.29, 1.82) is 0 Å². The summed E-state index contributed by atoms with van der Waals surface area (Å²) >= 11 is 0. The number of nitrogen functional groups attached to an aromatic ring is 1. The van der Waals surface area contributed by atoms with Crippen molar-refractivity contribution in [2.24, 2.45) is 5.84 Å². The monoisotopic (exact) mass is 261 g/mol. The van der Waals surface area contributed by atoms with Crippen molar-refractivity contribution in [1.82, 2.24) is 9.97 Å². The Morgan fingerprint density at radius 2 is 1.94 bits per heavy atom. The second-order valence-corrected chi connectivity index (χ2v) is 4.26. The van der Waals surface area contributed by atoms with Crippen LogP contribution < -0.4 is 16.6 Å². The van der Waals surface area contributed by atoms with E-state index in [0.29, 0.717) is 18.1 Å². The molecule has 0 saturated heterocycles. The number of aromatic nitrogens is 2. The molecule has 0 unspecified atom stereocenters. The Hall–Kier alpha value is -1.57. The van der Waals surface area contributed by atoms with Crippen molar-refractivity contribution in [3.05, 3.63) is 11.9 Å². The standard InChI is InChI=1S/C10H14F3N5/c1-2-6-15-7(5-8(16-6)18-14)17-9(3-4-9)10(11,12)13/h5H,2-4,14H2,1H3,(H2,15,16,17,18). The van der Waals surface area contributed by atoms with E-state index in [0.717, 1.165) is 0 Å². The highest BCUT2D eigenvalue weighted by atomic mass is 19.4. The molecule has 1 heterocycles. The first-order valence-electron chi connectivity index (χ1n) is 5.60. The molecule has 1 aromatic heterocycles. The molecule has 1 fully saturated rings. The summed E-state index contributed by atoms with van der Waals surface area (Å²) in [6, 6.07) is 1.37. The maximum absolute atomic E-state index is 12.8. The van der Waals surface area contributed by atoms with E-state index >= 15 is 0 Å². The van der Waals surface area contributed by atoms with Crippen LogP contribution in [0.5, 0.6) is 0 Å². The van der Waals surface area contributed by atoms with Crippen LogP contribution >= 0.6 is 0 Å². The largest absolute Gasteiger partial charge is 0.411 e. The molecule has 1 saturated carbocycles. The van der Waals surface area contributed by atoms with Gasteiger partial charge in [-0.2, -0.15) is 13.2 Å². The fourth-order valence-electron chi connectivity index (χ4n) is 1.64. The summed E-state index contributed by atoms with van der Waals surface area (Å²) < 4.78 is 38.4. The summed E-state index contributed by atoms with van der Waals surface area (Å²) in [6.07, 6.45) is -3.63. The Labute approximate surface area is 102 Å². The number of halogens is 3. The molecule has 100 valence electrons. The quantitative estimate of drug-likeness (QED) is 0.569. The number of nitrogens with zero attached hydrogens (tertiary/aromatic N) is 2. The van der Waals surface area contributed by atoms with Crippen molar-refractivity contribution < 1.29 is 13.2 Å². The van der Waals surface area contributed by atoms with Crippen LogP contribution in [0, 0.1) is 0 Å². The third-order valence-corrected chi connectivity index (χ3v) is 2.90. The molecule has 0 radical (unpaired) electrons. The Bertz CT molecular complexity index is 419. The summed E-state index contributed by atoms with van der Waals surface area (Å²) in [6.45, 7) is 1.82. The maximum atomic E-state index is 12.8. The highest BCUT2D eigenvalue weighted by Crippen LogP contribution is 2.51. The fraction of sp³-hybridized carbons (Fsp3) is 0.600. The number of nitrogens with two attached hydrogens (primary N) is 1. The van der Waals surface area contributed by atoms with E-state index in [1.165, 1.54) is 6.07 Å². The first-order valence-corrected chi connectivity index (χ1v) is 5.60. The van der Waals surface area contributed by atoms with Gasteiger partial charge in [0.25, 0.3) is 0 Å². The van der Waals surface area contributed by atoms with E-state index < -0.39 is 11.7 Å². The Morgan fingerprint density at radius 1 is 1.33 bits per heavy atom. The molecule has 1 aliphatic rings. The third-order valence-electron chi connectivity index (χ3n) is 2.90. The van der Waals surface area contributed by atoms with Gasteiger partial charge in [0.15, 0.2) is 0 Å². The fourth-order valence-corrected chi connectivity index (χ4v) is 1.64. The van der Waals surface area contributed by atoms with Crippen LogP contribution in [-0.4, -0.2) is 21.7 Å². The summed E-state index contributed by atoms with van der Waals surface area (Å²) in [7, 11) is 0. The maximum Gasteiger partial charge on any atom is 0.411 e. The molecular formula is C10H14F3N5.